The standard InChI is InChI=1S/C14H18F3N3O/c1-20-7-5-11(6-8-20)18-13(21)19-12-4-2-3-10(9-12)14(15,16)17/h2-4,9,11H,5-8H2,1H3,(H2,18,19,21)/p+1. The molecule has 2 amide bonds. The van der Waals surface area contributed by atoms with Crippen LogP contribution in [0.1, 0.15) is 18.4 Å². The van der Waals surface area contributed by atoms with Crippen molar-refractivity contribution >= 4 is 11.7 Å². The summed E-state index contributed by atoms with van der Waals surface area (Å²) in [5.41, 5.74) is -0.635. The maximum atomic E-state index is 12.6. The Balaban J connectivity index is 1.91. The number of anilines is 1. The number of nitrogens with one attached hydrogen (secondary N) is 3. The highest BCUT2D eigenvalue weighted by Crippen LogP contribution is 2.30. The molecule has 1 aromatic carbocycles. The summed E-state index contributed by atoms with van der Waals surface area (Å²) in [7, 11) is 2.10. The van der Waals surface area contributed by atoms with Crippen LogP contribution in [0.5, 0.6) is 0 Å². The summed E-state index contributed by atoms with van der Waals surface area (Å²) < 4.78 is 37.8. The van der Waals surface area contributed by atoms with E-state index in [1.54, 1.807) is 0 Å². The molecule has 1 aliphatic rings. The Morgan fingerprint density at radius 1 is 1.29 bits per heavy atom. The fourth-order valence-electron chi connectivity index (χ4n) is 2.38. The van der Waals surface area contributed by atoms with E-state index < -0.39 is 17.8 Å². The van der Waals surface area contributed by atoms with Crippen LogP contribution >= 0.6 is 0 Å². The van der Waals surface area contributed by atoms with Gasteiger partial charge < -0.3 is 15.5 Å². The van der Waals surface area contributed by atoms with Gasteiger partial charge in [-0.2, -0.15) is 13.2 Å². The molecule has 4 nitrogen and oxygen atoms in total. The predicted octanol–water partition coefficient (Wildman–Crippen LogP) is 1.50. The van der Waals surface area contributed by atoms with Crippen molar-refractivity contribution in [2.45, 2.75) is 25.1 Å². The molecule has 21 heavy (non-hydrogen) atoms. The van der Waals surface area contributed by atoms with Crippen LogP contribution in [-0.2, 0) is 6.18 Å². The van der Waals surface area contributed by atoms with Gasteiger partial charge >= 0.3 is 12.2 Å². The van der Waals surface area contributed by atoms with E-state index in [0.29, 0.717) is 0 Å². The van der Waals surface area contributed by atoms with E-state index in [4.69, 9.17) is 0 Å². The third-order valence-electron chi connectivity index (χ3n) is 3.62. The SMILES string of the molecule is C[NH+]1CCC(NC(=O)Nc2cccc(C(F)(F)F)c2)CC1. The number of urea groups is 1. The molecule has 1 aromatic rings. The van der Waals surface area contributed by atoms with Crippen molar-refractivity contribution in [3.8, 4) is 0 Å². The molecule has 0 radical (unpaired) electrons. The molecule has 3 N–H and O–H groups in total. The number of hydrogen-bond donors (Lipinski definition) is 3. The average molecular weight is 302 g/mol. The second kappa shape index (κ2) is 6.34. The van der Waals surface area contributed by atoms with Gasteiger partial charge in [-0.15, -0.1) is 0 Å². The number of alkyl halides is 3. The first-order chi connectivity index (χ1) is 9.84. The van der Waals surface area contributed by atoms with E-state index in [9.17, 15) is 18.0 Å². The van der Waals surface area contributed by atoms with E-state index in [0.717, 1.165) is 38.1 Å². The summed E-state index contributed by atoms with van der Waals surface area (Å²) in [6.45, 7) is 1.96. The molecular weight excluding hydrogens is 283 g/mol. The van der Waals surface area contributed by atoms with Crippen LogP contribution in [0.4, 0.5) is 23.7 Å². The summed E-state index contributed by atoms with van der Waals surface area (Å²) in [5.74, 6) is 0. The Kier molecular flexibility index (Phi) is 4.72. The Morgan fingerprint density at radius 3 is 2.57 bits per heavy atom. The number of piperidine rings is 1. The number of rotatable bonds is 2. The smallest absolute Gasteiger partial charge is 0.337 e. The van der Waals surface area contributed by atoms with Gasteiger partial charge in [-0.05, 0) is 18.2 Å². The molecule has 1 heterocycles. The molecule has 0 saturated carbocycles. The van der Waals surface area contributed by atoms with Gasteiger partial charge in [0.1, 0.15) is 0 Å². The van der Waals surface area contributed by atoms with Gasteiger partial charge in [0, 0.05) is 24.6 Å². The number of carbonyl (C=O) groups excluding carboxylic acids is 1. The lowest BCUT2D eigenvalue weighted by Gasteiger charge is -2.27. The molecule has 0 spiro atoms. The van der Waals surface area contributed by atoms with Gasteiger partial charge in [0.25, 0.3) is 0 Å². The second-order valence-corrected chi connectivity index (χ2v) is 5.41. The zero-order valence-corrected chi connectivity index (χ0v) is 11.8. The molecule has 116 valence electrons. The van der Waals surface area contributed by atoms with Crippen LogP contribution in [0.3, 0.4) is 0 Å². The van der Waals surface area contributed by atoms with Crippen LogP contribution in [0, 0.1) is 0 Å². The highest BCUT2D eigenvalue weighted by Gasteiger charge is 2.30. The maximum absolute atomic E-state index is 12.6. The minimum absolute atomic E-state index is 0.0829. The Hall–Kier alpha value is -1.76. The van der Waals surface area contributed by atoms with E-state index in [2.05, 4.69) is 17.7 Å². The number of quaternary nitrogens is 1. The van der Waals surface area contributed by atoms with E-state index >= 15 is 0 Å². The van der Waals surface area contributed by atoms with Gasteiger partial charge in [-0.3, -0.25) is 0 Å². The number of halogens is 3. The van der Waals surface area contributed by atoms with E-state index in [1.807, 2.05) is 0 Å². The number of amides is 2. The van der Waals surface area contributed by atoms with Gasteiger partial charge in [-0.25, -0.2) is 4.79 Å². The molecule has 0 aliphatic carbocycles. The lowest BCUT2D eigenvalue weighted by molar-refractivity contribution is -0.884. The third kappa shape index (κ3) is 4.63. The second-order valence-electron chi connectivity index (χ2n) is 5.41. The fourth-order valence-corrected chi connectivity index (χ4v) is 2.38. The Labute approximate surface area is 121 Å². The quantitative estimate of drug-likeness (QED) is 0.762. The van der Waals surface area contributed by atoms with Crippen LogP contribution in [0.25, 0.3) is 0 Å². The van der Waals surface area contributed by atoms with E-state index in [-0.39, 0.29) is 11.7 Å². The number of benzene rings is 1. The molecule has 7 heteroatoms. The first-order valence-corrected chi connectivity index (χ1v) is 6.90. The normalized spacial score (nSPS) is 22.7. The van der Waals surface area contributed by atoms with Gasteiger partial charge in [0.15, 0.2) is 0 Å². The molecule has 0 unspecified atom stereocenters. The summed E-state index contributed by atoms with van der Waals surface area (Å²) in [5, 5.41) is 5.26. The molecular formula is C14H19F3N3O+. The highest BCUT2D eigenvalue weighted by atomic mass is 19.4. The predicted molar refractivity (Wildman–Crippen MR) is 73.2 cm³/mol. The van der Waals surface area contributed by atoms with Gasteiger partial charge in [-0.1, -0.05) is 6.07 Å². The third-order valence-corrected chi connectivity index (χ3v) is 3.62. The Morgan fingerprint density at radius 2 is 1.95 bits per heavy atom. The van der Waals surface area contributed by atoms with Crippen molar-refractivity contribution < 1.29 is 22.9 Å². The molecule has 2 rings (SSSR count). The van der Waals surface area contributed by atoms with Crippen LogP contribution < -0.4 is 15.5 Å². The number of hydrogen-bond acceptors (Lipinski definition) is 1. The lowest BCUT2D eigenvalue weighted by atomic mass is 10.1. The van der Waals surface area contributed by atoms with Crippen molar-refractivity contribution in [3.05, 3.63) is 29.8 Å². The van der Waals surface area contributed by atoms with Crippen LogP contribution in [0.2, 0.25) is 0 Å². The number of carbonyl (C=O) groups is 1. The van der Waals surface area contributed by atoms with Gasteiger partial charge in [0.05, 0.1) is 25.7 Å². The minimum Gasteiger partial charge on any atom is -0.337 e. The molecule has 0 aromatic heterocycles. The van der Waals surface area contributed by atoms with Gasteiger partial charge in [0.2, 0.25) is 0 Å². The topological polar surface area (TPSA) is 45.6 Å². The summed E-state index contributed by atoms with van der Waals surface area (Å²) in [6.07, 6.45) is -2.66. The minimum atomic E-state index is -4.41. The van der Waals surface area contributed by atoms with Crippen LogP contribution in [-0.4, -0.2) is 32.2 Å². The van der Waals surface area contributed by atoms with E-state index in [1.165, 1.54) is 17.0 Å². The fraction of sp³-hybridized carbons (Fsp3) is 0.500. The van der Waals surface area contributed by atoms with Crippen molar-refractivity contribution in [2.24, 2.45) is 0 Å². The number of likely N-dealkylation sites (tertiary alicyclic amines) is 1. The molecule has 1 fully saturated rings. The molecule has 0 bridgehead atoms. The Bertz CT molecular complexity index is 496. The molecule has 1 aliphatic heterocycles. The molecule has 1 saturated heterocycles. The largest absolute Gasteiger partial charge is 0.416 e. The van der Waals surface area contributed by atoms with Crippen LogP contribution in [0.15, 0.2) is 24.3 Å². The summed E-state index contributed by atoms with van der Waals surface area (Å²) in [4.78, 5) is 13.2. The highest BCUT2D eigenvalue weighted by molar-refractivity contribution is 5.89. The van der Waals surface area contributed by atoms with Crippen molar-refractivity contribution in [2.75, 3.05) is 25.5 Å². The zero-order valence-electron chi connectivity index (χ0n) is 11.8. The van der Waals surface area contributed by atoms with Crippen molar-refractivity contribution in [1.29, 1.82) is 0 Å². The summed E-state index contributed by atoms with van der Waals surface area (Å²) >= 11 is 0. The average Bonchev–Trinajstić information content (AvgIpc) is 2.41. The molecule has 0 atom stereocenters. The zero-order chi connectivity index (χ0) is 15.5. The summed E-state index contributed by atoms with van der Waals surface area (Å²) in [6, 6.07) is 4.24. The first kappa shape index (κ1) is 15.6. The van der Waals surface area contributed by atoms with Crippen molar-refractivity contribution in [1.82, 2.24) is 5.32 Å². The lowest BCUT2D eigenvalue weighted by Crippen LogP contribution is -3.10. The first-order valence-electron chi connectivity index (χ1n) is 6.90. The monoisotopic (exact) mass is 302 g/mol. The van der Waals surface area contributed by atoms with Crippen molar-refractivity contribution in [3.63, 3.8) is 0 Å². The maximum Gasteiger partial charge on any atom is 0.416 e.